The van der Waals surface area contributed by atoms with Gasteiger partial charge in [0, 0.05) is 31.4 Å². The standard InChI is InChI=1S/C15H26N4O/c1-4-6-16-14-9-12(3)17-15(18-14)11-19-7-8-20-13(5-2)10-19/h9,13H,4-8,10-11H2,1-3H3,(H,16,17,18). The molecule has 20 heavy (non-hydrogen) atoms. The maximum atomic E-state index is 5.70. The molecule has 2 rings (SSSR count). The summed E-state index contributed by atoms with van der Waals surface area (Å²) in [6, 6.07) is 2.01. The molecule has 0 radical (unpaired) electrons. The fourth-order valence-electron chi connectivity index (χ4n) is 2.42. The van der Waals surface area contributed by atoms with Gasteiger partial charge in [0.25, 0.3) is 0 Å². The van der Waals surface area contributed by atoms with Crippen molar-refractivity contribution in [1.82, 2.24) is 14.9 Å². The molecular formula is C15H26N4O. The lowest BCUT2D eigenvalue weighted by molar-refractivity contribution is -0.0332. The number of rotatable bonds is 6. The van der Waals surface area contributed by atoms with E-state index in [2.05, 4.69) is 34.0 Å². The summed E-state index contributed by atoms with van der Waals surface area (Å²) in [6.45, 7) is 10.9. The molecule has 0 amide bonds. The lowest BCUT2D eigenvalue weighted by Gasteiger charge is -2.31. The van der Waals surface area contributed by atoms with Crippen LogP contribution >= 0.6 is 0 Å². The van der Waals surface area contributed by atoms with Gasteiger partial charge in [-0.25, -0.2) is 9.97 Å². The SMILES string of the molecule is CCCNc1cc(C)nc(CN2CCOC(CC)C2)n1. The molecule has 112 valence electrons. The van der Waals surface area contributed by atoms with Gasteiger partial charge < -0.3 is 10.1 Å². The molecule has 0 aromatic carbocycles. The Balaban J connectivity index is 1.99. The third-order valence-corrected chi connectivity index (χ3v) is 3.50. The fraction of sp³-hybridized carbons (Fsp3) is 0.733. The van der Waals surface area contributed by atoms with Gasteiger partial charge in [0.15, 0.2) is 0 Å². The molecular weight excluding hydrogens is 252 g/mol. The van der Waals surface area contributed by atoms with Crippen molar-refractivity contribution >= 4 is 5.82 Å². The van der Waals surface area contributed by atoms with Crippen molar-refractivity contribution in [3.63, 3.8) is 0 Å². The predicted molar refractivity (Wildman–Crippen MR) is 80.9 cm³/mol. The molecule has 5 nitrogen and oxygen atoms in total. The van der Waals surface area contributed by atoms with Crippen molar-refractivity contribution < 1.29 is 4.74 Å². The number of aryl methyl sites for hydroxylation is 1. The van der Waals surface area contributed by atoms with E-state index in [0.29, 0.717) is 6.10 Å². The zero-order valence-corrected chi connectivity index (χ0v) is 12.9. The van der Waals surface area contributed by atoms with E-state index in [0.717, 1.165) is 63.0 Å². The van der Waals surface area contributed by atoms with Crippen LogP contribution < -0.4 is 5.32 Å². The minimum Gasteiger partial charge on any atom is -0.376 e. The largest absolute Gasteiger partial charge is 0.376 e. The molecule has 2 heterocycles. The first-order valence-corrected chi connectivity index (χ1v) is 7.63. The molecule has 5 heteroatoms. The summed E-state index contributed by atoms with van der Waals surface area (Å²) in [6.07, 6.45) is 2.51. The third kappa shape index (κ3) is 4.42. The van der Waals surface area contributed by atoms with Gasteiger partial charge in [-0.2, -0.15) is 0 Å². The van der Waals surface area contributed by atoms with E-state index in [1.165, 1.54) is 0 Å². The van der Waals surface area contributed by atoms with Gasteiger partial charge in [0.1, 0.15) is 11.6 Å². The van der Waals surface area contributed by atoms with Crippen LogP contribution in [0.3, 0.4) is 0 Å². The molecule has 0 spiro atoms. The smallest absolute Gasteiger partial charge is 0.144 e. The summed E-state index contributed by atoms with van der Waals surface area (Å²) in [5.41, 5.74) is 1.02. The van der Waals surface area contributed by atoms with Gasteiger partial charge in [-0.05, 0) is 19.8 Å². The zero-order valence-electron chi connectivity index (χ0n) is 12.9. The predicted octanol–water partition coefficient (Wildman–Crippen LogP) is 2.22. The monoisotopic (exact) mass is 278 g/mol. The van der Waals surface area contributed by atoms with E-state index in [1.807, 2.05) is 13.0 Å². The Morgan fingerprint density at radius 1 is 1.40 bits per heavy atom. The highest BCUT2D eigenvalue weighted by atomic mass is 16.5. The lowest BCUT2D eigenvalue weighted by Crippen LogP contribution is -2.41. The minimum absolute atomic E-state index is 0.353. The van der Waals surface area contributed by atoms with Crippen LogP contribution in [0.25, 0.3) is 0 Å². The summed E-state index contributed by atoms with van der Waals surface area (Å²) in [5, 5.41) is 3.34. The number of morpholine rings is 1. The average molecular weight is 278 g/mol. The van der Waals surface area contributed by atoms with E-state index in [9.17, 15) is 0 Å². The Morgan fingerprint density at radius 2 is 2.25 bits per heavy atom. The third-order valence-electron chi connectivity index (χ3n) is 3.50. The van der Waals surface area contributed by atoms with Crippen LogP contribution in [0.2, 0.25) is 0 Å². The van der Waals surface area contributed by atoms with Crippen LogP contribution in [-0.2, 0) is 11.3 Å². The van der Waals surface area contributed by atoms with Crippen LogP contribution in [0.5, 0.6) is 0 Å². The first-order valence-electron chi connectivity index (χ1n) is 7.63. The van der Waals surface area contributed by atoms with Gasteiger partial charge >= 0.3 is 0 Å². The van der Waals surface area contributed by atoms with E-state index < -0.39 is 0 Å². The van der Waals surface area contributed by atoms with Gasteiger partial charge in [-0.1, -0.05) is 13.8 Å². The molecule has 1 saturated heterocycles. The quantitative estimate of drug-likeness (QED) is 0.864. The van der Waals surface area contributed by atoms with Crippen LogP contribution in [0.4, 0.5) is 5.82 Å². The number of hydrogen-bond acceptors (Lipinski definition) is 5. The second kappa shape index (κ2) is 7.55. The topological polar surface area (TPSA) is 50.3 Å². The highest BCUT2D eigenvalue weighted by molar-refractivity contribution is 5.35. The second-order valence-corrected chi connectivity index (χ2v) is 5.37. The van der Waals surface area contributed by atoms with Gasteiger partial charge in [-0.3, -0.25) is 4.90 Å². The Morgan fingerprint density at radius 3 is 3.00 bits per heavy atom. The van der Waals surface area contributed by atoms with E-state index in [1.54, 1.807) is 0 Å². The fourth-order valence-corrected chi connectivity index (χ4v) is 2.42. The molecule has 1 unspecified atom stereocenters. The molecule has 1 N–H and O–H groups in total. The molecule has 1 atom stereocenters. The number of anilines is 1. The lowest BCUT2D eigenvalue weighted by atomic mass is 10.2. The maximum Gasteiger partial charge on any atom is 0.144 e. The number of ether oxygens (including phenoxy) is 1. The van der Waals surface area contributed by atoms with E-state index in [4.69, 9.17) is 4.74 Å². The van der Waals surface area contributed by atoms with E-state index in [-0.39, 0.29) is 0 Å². The van der Waals surface area contributed by atoms with Crippen molar-refractivity contribution in [2.24, 2.45) is 0 Å². The van der Waals surface area contributed by atoms with Crippen molar-refractivity contribution in [2.75, 3.05) is 31.6 Å². The molecule has 1 aliphatic heterocycles. The molecule has 1 aromatic rings. The number of nitrogens with zero attached hydrogens (tertiary/aromatic N) is 3. The van der Waals surface area contributed by atoms with Crippen molar-refractivity contribution in [2.45, 2.75) is 46.3 Å². The first kappa shape index (κ1) is 15.2. The number of hydrogen-bond donors (Lipinski definition) is 1. The summed E-state index contributed by atoms with van der Waals surface area (Å²) in [5.74, 6) is 1.84. The molecule has 1 aliphatic rings. The normalized spacial score (nSPS) is 20.1. The molecule has 0 saturated carbocycles. The summed E-state index contributed by atoms with van der Waals surface area (Å²) < 4.78 is 5.70. The number of nitrogens with one attached hydrogen (secondary N) is 1. The summed E-state index contributed by atoms with van der Waals surface area (Å²) >= 11 is 0. The molecule has 1 fully saturated rings. The molecule has 0 bridgehead atoms. The Hall–Kier alpha value is -1.20. The number of aromatic nitrogens is 2. The molecule has 1 aromatic heterocycles. The average Bonchev–Trinajstić information content (AvgIpc) is 2.44. The Labute approximate surface area is 121 Å². The highest BCUT2D eigenvalue weighted by Crippen LogP contribution is 2.12. The van der Waals surface area contributed by atoms with Crippen LogP contribution in [0.15, 0.2) is 6.07 Å². The van der Waals surface area contributed by atoms with Crippen molar-refractivity contribution in [3.05, 3.63) is 17.6 Å². The highest BCUT2D eigenvalue weighted by Gasteiger charge is 2.19. The zero-order chi connectivity index (χ0) is 14.4. The van der Waals surface area contributed by atoms with Crippen LogP contribution in [0, 0.1) is 6.92 Å². The summed E-state index contributed by atoms with van der Waals surface area (Å²) in [7, 11) is 0. The van der Waals surface area contributed by atoms with Gasteiger partial charge in [0.05, 0.1) is 19.3 Å². The second-order valence-electron chi connectivity index (χ2n) is 5.37. The Bertz CT molecular complexity index is 424. The first-order chi connectivity index (χ1) is 9.71. The Kier molecular flexibility index (Phi) is 5.73. The van der Waals surface area contributed by atoms with Crippen LogP contribution in [-0.4, -0.2) is 47.2 Å². The minimum atomic E-state index is 0.353. The van der Waals surface area contributed by atoms with E-state index >= 15 is 0 Å². The maximum absolute atomic E-state index is 5.70. The van der Waals surface area contributed by atoms with Crippen molar-refractivity contribution in [3.8, 4) is 0 Å². The molecule has 0 aliphatic carbocycles. The summed E-state index contributed by atoms with van der Waals surface area (Å²) in [4.78, 5) is 11.5. The van der Waals surface area contributed by atoms with Gasteiger partial charge in [0.2, 0.25) is 0 Å². The van der Waals surface area contributed by atoms with Crippen molar-refractivity contribution in [1.29, 1.82) is 0 Å². The van der Waals surface area contributed by atoms with Gasteiger partial charge in [-0.15, -0.1) is 0 Å². The van der Waals surface area contributed by atoms with Crippen LogP contribution in [0.1, 0.15) is 38.2 Å².